The third-order valence-corrected chi connectivity index (χ3v) is 3.48. The predicted octanol–water partition coefficient (Wildman–Crippen LogP) is 5.36. The zero-order valence-electron chi connectivity index (χ0n) is 9.09. The Morgan fingerprint density at radius 2 is 1.78 bits per heavy atom. The minimum Gasteiger partial charge on any atom is -0.489 e. The van der Waals surface area contributed by atoms with E-state index in [1.54, 1.807) is 24.3 Å². The third kappa shape index (κ3) is 3.08. The summed E-state index contributed by atoms with van der Waals surface area (Å²) in [6.45, 7) is 0.209. The molecule has 0 saturated heterocycles. The van der Waals surface area contributed by atoms with Crippen LogP contribution in [-0.4, -0.2) is 0 Å². The van der Waals surface area contributed by atoms with Gasteiger partial charge in [0.25, 0.3) is 0 Å². The van der Waals surface area contributed by atoms with E-state index >= 15 is 0 Å². The Hall–Kier alpha value is -0.960. The maximum Gasteiger partial charge on any atom is 0.145 e. The van der Waals surface area contributed by atoms with E-state index < -0.39 is 5.82 Å². The van der Waals surface area contributed by atoms with Gasteiger partial charge in [-0.1, -0.05) is 46.9 Å². The maximum atomic E-state index is 13.2. The summed E-state index contributed by atoms with van der Waals surface area (Å²) < 4.78 is 18.6. The Bertz CT molecular complexity index is 572. The fourth-order valence-corrected chi connectivity index (χ4v) is 1.88. The summed E-state index contributed by atoms with van der Waals surface area (Å²) in [5.74, 6) is -0.140. The van der Waals surface area contributed by atoms with Crippen LogP contribution in [-0.2, 0) is 6.61 Å². The Kier molecular flexibility index (Phi) is 4.33. The first-order valence-electron chi connectivity index (χ1n) is 5.08. The molecule has 0 saturated carbocycles. The van der Waals surface area contributed by atoms with E-state index in [0.717, 1.165) is 5.56 Å². The highest BCUT2D eigenvalue weighted by atomic mass is 35.5. The molecule has 0 aliphatic heterocycles. The topological polar surface area (TPSA) is 9.23 Å². The molecule has 2 aromatic carbocycles. The molecule has 94 valence electrons. The van der Waals surface area contributed by atoms with Gasteiger partial charge in [-0.3, -0.25) is 0 Å². The minimum absolute atomic E-state index is 0.0585. The average Bonchev–Trinajstić information content (AvgIpc) is 2.35. The van der Waals surface area contributed by atoms with Crippen molar-refractivity contribution in [3.05, 3.63) is 62.8 Å². The fourth-order valence-electron chi connectivity index (χ4n) is 1.39. The predicted molar refractivity (Wildman–Crippen MR) is 72.2 cm³/mol. The summed E-state index contributed by atoms with van der Waals surface area (Å²) in [6, 6.07) is 9.50. The number of hydrogen-bond acceptors (Lipinski definition) is 1. The van der Waals surface area contributed by atoms with Crippen molar-refractivity contribution in [1.82, 2.24) is 0 Å². The summed E-state index contributed by atoms with van der Waals surface area (Å²) in [5, 5.41) is 0.955. The second kappa shape index (κ2) is 5.79. The van der Waals surface area contributed by atoms with Crippen LogP contribution in [0.5, 0.6) is 5.75 Å². The van der Waals surface area contributed by atoms with Crippen LogP contribution in [0.4, 0.5) is 4.39 Å². The SMILES string of the molecule is Fc1cc(OCc2cccc(Cl)c2Cl)ccc1Cl. The van der Waals surface area contributed by atoms with Crippen LogP contribution in [0.2, 0.25) is 15.1 Å². The fraction of sp³-hybridized carbons (Fsp3) is 0.0769. The van der Waals surface area contributed by atoms with E-state index in [-0.39, 0.29) is 11.6 Å². The van der Waals surface area contributed by atoms with Crippen molar-refractivity contribution in [3.8, 4) is 5.75 Å². The quantitative estimate of drug-likeness (QED) is 0.741. The molecule has 0 fully saturated rings. The molecule has 0 heterocycles. The van der Waals surface area contributed by atoms with E-state index in [1.165, 1.54) is 12.1 Å². The summed E-state index contributed by atoms with van der Waals surface area (Å²) in [7, 11) is 0. The molecule has 2 rings (SSSR count). The molecule has 0 aromatic heterocycles. The lowest BCUT2D eigenvalue weighted by Crippen LogP contribution is -1.97. The maximum absolute atomic E-state index is 13.2. The van der Waals surface area contributed by atoms with Crippen molar-refractivity contribution in [2.75, 3.05) is 0 Å². The molecule has 0 unspecified atom stereocenters. The van der Waals surface area contributed by atoms with Crippen LogP contribution in [0.1, 0.15) is 5.56 Å². The summed E-state index contributed by atoms with van der Waals surface area (Å²) >= 11 is 17.5. The van der Waals surface area contributed by atoms with Crippen LogP contribution in [0.15, 0.2) is 36.4 Å². The molecule has 0 bridgehead atoms. The highest BCUT2D eigenvalue weighted by Crippen LogP contribution is 2.27. The van der Waals surface area contributed by atoms with Crippen molar-refractivity contribution in [2.45, 2.75) is 6.61 Å². The van der Waals surface area contributed by atoms with Crippen molar-refractivity contribution in [2.24, 2.45) is 0 Å². The molecule has 5 heteroatoms. The summed E-state index contributed by atoms with van der Waals surface area (Å²) in [5.41, 5.74) is 0.736. The molecular weight excluding hydrogens is 297 g/mol. The lowest BCUT2D eigenvalue weighted by molar-refractivity contribution is 0.304. The number of ether oxygens (including phenoxy) is 1. The van der Waals surface area contributed by atoms with E-state index in [0.29, 0.717) is 15.8 Å². The Morgan fingerprint density at radius 3 is 2.50 bits per heavy atom. The first kappa shape index (κ1) is 13.5. The molecule has 0 aliphatic carbocycles. The Morgan fingerprint density at radius 1 is 1.00 bits per heavy atom. The van der Waals surface area contributed by atoms with Gasteiger partial charge in [-0.25, -0.2) is 4.39 Å². The Labute approximate surface area is 119 Å². The lowest BCUT2D eigenvalue weighted by Gasteiger charge is -2.09. The number of benzene rings is 2. The van der Waals surface area contributed by atoms with Crippen LogP contribution < -0.4 is 4.74 Å². The number of halogens is 4. The van der Waals surface area contributed by atoms with Crippen LogP contribution in [0, 0.1) is 5.82 Å². The monoisotopic (exact) mass is 304 g/mol. The molecule has 0 atom stereocenters. The highest BCUT2D eigenvalue weighted by Gasteiger charge is 2.06. The van der Waals surface area contributed by atoms with Crippen LogP contribution in [0.25, 0.3) is 0 Å². The van der Waals surface area contributed by atoms with Gasteiger partial charge in [0.05, 0.1) is 15.1 Å². The van der Waals surface area contributed by atoms with Gasteiger partial charge in [0.1, 0.15) is 18.2 Å². The van der Waals surface area contributed by atoms with Crippen molar-refractivity contribution in [3.63, 3.8) is 0 Å². The van der Waals surface area contributed by atoms with Crippen molar-refractivity contribution >= 4 is 34.8 Å². The van der Waals surface area contributed by atoms with Gasteiger partial charge in [0.15, 0.2) is 0 Å². The van der Waals surface area contributed by atoms with Crippen LogP contribution >= 0.6 is 34.8 Å². The molecule has 0 amide bonds. The largest absolute Gasteiger partial charge is 0.489 e. The van der Waals surface area contributed by atoms with Gasteiger partial charge < -0.3 is 4.74 Å². The molecule has 0 spiro atoms. The lowest BCUT2D eigenvalue weighted by atomic mass is 10.2. The zero-order chi connectivity index (χ0) is 13.1. The third-order valence-electron chi connectivity index (χ3n) is 2.32. The molecule has 0 N–H and O–H groups in total. The number of hydrogen-bond donors (Lipinski definition) is 0. The molecule has 2 aromatic rings. The normalized spacial score (nSPS) is 10.4. The highest BCUT2D eigenvalue weighted by molar-refractivity contribution is 6.42. The van der Waals surface area contributed by atoms with Gasteiger partial charge in [0, 0.05) is 11.6 Å². The minimum atomic E-state index is -0.522. The van der Waals surface area contributed by atoms with Gasteiger partial charge in [-0.15, -0.1) is 0 Å². The second-order valence-electron chi connectivity index (χ2n) is 3.58. The second-order valence-corrected chi connectivity index (χ2v) is 4.77. The molecule has 0 aliphatic rings. The van der Waals surface area contributed by atoms with E-state index in [1.807, 2.05) is 0 Å². The first-order chi connectivity index (χ1) is 8.58. The van der Waals surface area contributed by atoms with Gasteiger partial charge in [-0.05, 0) is 18.2 Å². The molecule has 1 nitrogen and oxygen atoms in total. The van der Waals surface area contributed by atoms with Crippen molar-refractivity contribution in [1.29, 1.82) is 0 Å². The zero-order valence-corrected chi connectivity index (χ0v) is 11.4. The smallest absolute Gasteiger partial charge is 0.145 e. The van der Waals surface area contributed by atoms with Gasteiger partial charge in [0.2, 0.25) is 0 Å². The Balaban J connectivity index is 2.11. The van der Waals surface area contributed by atoms with E-state index in [9.17, 15) is 4.39 Å². The standard InChI is InChI=1S/C13H8Cl3FO/c14-10-5-4-9(6-12(10)17)18-7-8-2-1-3-11(15)13(8)16/h1-6H,7H2. The van der Waals surface area contributed by atoms with Crippen LogP contribution in [0.3, 0.4) is 0 Å². The van der Waals surface area contributed by atoms with E-state index in [2.05, 4.69) is 0 Å². The van der Waals surface area contributed by atoms with Gasteiger partial charge in [-0.2, -0.15) is 0 Å². The van der Waals surface area contributed by atoms with Gasteiger partial charge >= 0.3 is 0 Å². The molecule has 18 heavy (non-hydrogen) atoms. The average molecular weight is 306 g/mol. The van der Waals surface area contributed by atoms with E-state index in [4.69, 9.17) is 39.5 Å². The summed E-state index contributed by atoms with van der Waals surface area (Å²) in [4.78, 5) is 0. The van der Waals surface area contributed by atoms with Crippen molar-refractivity contribution < 1.29 is 9.13 Å². The first-order valence-corrected chi connectivity index (χ1v) is 6.22. The molecular formula is C13H8Cl3FO. The summed E-state index contributed by atoms with van der Waals surface area (Å²) in [6.07, 6.45) is 0. The molecule has 0 radical (unpaired) electrons. The number of rotatable bonds is 3.